The molecule has 0 saturated heterocycles. The first-order valence-electron chi connectivity index (χ1n) is 5.27. The highest BCUT2D eigenvalue weighted by Crippen LogP contribution is 2.09. The van der Waals surface area contributed by atoms with Crippen molar-refractivity contribution in [3.63, 3.8) is 0 Å². The third-order valence-corrected chi connectivity index (χ3v) is 2.19. The van der Waals surface area contributed by atoms with Crippen molar-refractivity contribution in [2.24, 2.45) is 0 Å². The highest BCUT2D eigenvalue weighted by molar-refractivity contribution is 6.30. The van der Waals surface area contributed by atoms with E-state index in [1.165, 1.54) is 0 Å². The van der Waals surface area contributed by atoms with Crippen molar-refractivity contribution in [2.75, 3.05) is 6.54 Å². The Labute approximate surface area is 101 Å². The van der Waals surface area contributed by atoms with Gasteiger partial charge in [0.2, 0.25) is 0 Å². The number of hydrogen-bond donors (Lipinski definition) is 1. The van der Waals surface area contributed by atoms with Gasteiger partial charge < -0.3 is 10.1 Å². The van der Waals surface area contributed by atoms with Crippen LogP contribution >= 0.6 is 11.6 Å². The average molecular weight is 242 g/mol. The van der Waals surface area contributed by atoms with Gasteiger partial charge in [-0.2, -0.15) is 0 Å². The summed E-state index contributed by atoms with van der Waals surface area (Å²) in [7, 11) is 0. The van der Waals surface area contributed by atoms with Crippen LogP contribution in [0.25, 0.3) is 0 Å². The van der Waals surface area contributed by atoms with E-state index in [0.29, 0.717) is 6.54 Å². The minimum absolute atomic E-state index is 0.0875. The van der Waals surface area contributed by atoms with Crippen LogP contribution in [0, 0.1) is 0 Å². The molecule has 0 saturated carbocycles. The van der Waals surface area contributed by atoms with Gasteiger partial charge >= 0.3 is 6.09 Å². The van der Waals surface area contributed by atoms with Gasteiger partial charge in [-0.3, -0.25) is 0 Å². The number of ether oxygens (including phenoxy) is 1. The van der Waals surface area contributed by atoms with Crippen LogP contribution in [0.2, 0.25) is 5.02 Å². The number of hydrogen-bond acceptors (Lipinski definition) is 2. The maximum Gasteiger partial charge on any atom is 0.407 e. The lowest BCUT2D eigenvalue weighted by Gasteiger charge is -2.09. The molecule has 0 radical (unpaired) electrons. The summed E-state index contributed by atoms with van der Waals surface area (Å²) in [5, 5.41) is 3.40. The molecule has 1 rings (SSSR count). The van der Waals surface area contributed by atoms with E-state index in [1.54, 1.807) is 0 Å². The Morgan fingerprint density at radius 3 is 2.56 bits per heavy atom. The smallest absolute Gasteiger partial charge is 0.407 e. The van der Waals surface area contributed by atoms with Gasteiger partial charge in [0.15, 0.2) is 0 Å². The SMILES string of the molecule is CC(C)OC(=O)NCCc1ccc(Cl)cc1. The van der Waals surface area contributed by atoms with Crippen molar-refractivity contribution in [1.29, 1.82) is 0 Å². The number of amides is 1. The quantitative estimate of drug-likeness (QED) is 0.880. The molecule has 88 valence electrons. The van der Waals surface area contributed by atoms with Crippen LogP contribution in [-0.2, 0) is 11.2 Å². The molecule has 1 amide bonds. The minimum atomic E-state index is -0.371. The molecule has 1 N–H and O–H groups in total. The van der Waals surface area contributed by atoms with Crippen molar-refractivity contribution in [1.82, 2.24) is 5.32 Å². The molecule has 0 aliphatic carbocycles. The molecule has 1 aromatic rings. The fourth-order valence-corrected chi connectivity index (χ4v) is 1.34. The molecule has 0 aromatic heterocycles. The maximum atomic E-state index is 11.1. The van der Waals surface area contributed by atoms with E-state index in [0.717, 1.165) is 17.0 Å². The maximum absolute atomic E-state index is 11.1. The molecule has 0 spiro atoms. The molecule has 0 aliphatic rings. The molecule has 0 aliphatic heterocycles. The fourth-order valence-electron chi connectivity index (χ4n) is 1.22. The lowest BCUT2D eigenvalue weighted by molar-refractivity contribution is 0.116. The van der Waals surface area contributed by atoms with Gasteiger partial charge in [0.1, 0.15) is 0 Å². The second-order valence-corrected chi connectivity index (χ2v) is 4.19. The van der Waals surface area contributed by atoms with E-state index >= 15 is 0 Å². The Balaban J connectivity index is 2.25. The molecule has 16 heavy (non-hydrogen) atoms. The van der Waals surface area contributed by atoms with E-state index in [1.807, 2.05) is 38.1 Å². The van der Waals surface area contributed by atoms with E-state index < -0.39 is 0 Å². The first kappa shape index (κ1) is 12.8. The van der Waals surface area contributed by atoms with Gasteiger partial charge in [-0.25, -0.2) is 4.79 Å². The monoisotopic (exact) mass is 241 g/mol. The van der Waals surface area contributed by atoms with Gasteiger partial charge in [-0.05, 0) is 38.0 Å². The van der Waals surface area contributed by atoms with E-state index in [4.69, 9.17) is 16.3 Å². The van der Waals surface area contributed by atoms with Crippen molar-refractivity contribution in [3.8, 4) is 0 Å². The molecular weight excluding hydrogens is 226 g/mol. The van der Waals surface area contributed by atoms with Crippen LogP contribution in [0.15, 0.2) is 24.3 Å². The summed E-state index contributed by atoms with van der Waals surface area (Å²) in [6.07, 6.45) is 0.309. The highest BCUT2D eigenvalue weighted by Gasteiger charge is 2.03. The van der Waals surface area contributed by atoms with E-state index in [-0.39, 0.29) is 12.2 Å². The van der Waals surface area contributed by atoms with Crippen molar-refractivity contribution < 1.29 is 9.53 Å². The molecular formula is C12H16ClNO2. The first-order chi connectivity index (χ1) is 7.58. The lowest BCUT2D eigenvalue weighted by Crippen LogP contribution is -2.28. The van der Waals surface area contributed by atoms with Crippen LogP contribution in [-0.4, -0.2) is 18.7 Å². The zero-order valence-electron chi connectivity index (χ0n) is 9.50. The summed E-state index contributed by atoms with van der Waals surface area (Å²) < 4.78 is 4.94. The van der Waals surface area contributed by atoms with Crippen molar-refractivity contribution in [3.05, 3.63) is 34.9 Å². The van der Waals surface area contributed by atoms with E-state index in [2.05, 4.69) is 5.32 Å². The van der Waals surface area contributed by atoms with Crippen LogP contribution in [0.1, 0.15) is 19.4 Å². The third-order valence-electron chi connectivity index (χ3n) is 1.94. The fraction of sp³-hybridized carbons (Fsp3) is 0.417. The van der Waals surface area contributed by atoms with Gasteiger partial charge in [-0.15, -0.1) is 0 Å². The Morgan fingerprint density at radius 1 is 1.38 bits per heavy atom. The normalized spacial score (nSPS) is 10.2. The molecule has 0 unspecified atom stereocenters. The highest BCUT2D eigenvalue weighted by atomic mass is 35.5. The van der Waals surface area contributed by atoms with Crippen LogP contribution < -0.4 is 5.32 Å². The first-order valence-corrected chi connectivity index (χ1v) is 5.64. The van der Waals surface area contributed by atoms with Crippen LogP contribution in [0.4, 0.5) is 4.79 Å². The zero-order chi connectivity index (χ0) is 12.0. The topological polar surface area (TPSA) is 38.3 Å². The Hall–Kier alpha value is -1.22. The molecule has 3 nitrogen and oxygen atoms in total. The second kappa shape index (κ2) is 6.38. The molecule has 0 bridgehead atoms. The number of rotatable bonds is 4. The number of carbonyl (C=O) groups is 1. The average Bonchev–Trinajstić information content (AvgIpc) is 2.20. The Morgan fingerprint density at radius 2 is 2.00 bits per heavy atom. The van der Waals surface area contributed by atoms with Crippen LogP contribution in [0.5, 0.6) is 0 Å². The van der Waals surface area contributed by atoms with E-state index in [9.17, 15) is 4.79 Å². The Kier molecular flexibility index (Phi) is 5.12. The van der Waals surface area contributed by atoms with Crippen molar-refractivity contribution in [2.45, 2.75) is 26.4 Å². The minimum Gasteiger partial charge on any atom is -0.447 e. The molecule has 0 heterocycles. The van der Waals surface area contributed by atoms with Gasteiger partial charge in [0.25, 0.3) is 0 Å². The second-order valence-electron chi connectivity index (χ2n) is 3.76. The molecule has 4 heteroatoms. The van der Waals surface area contributed by atoms with Gasteiger partial charge in [0.05, 0.1) is 6.10 Å². The molecule has 0 fully saturated rings. The number of carbonyl (C=O) groups excluding carboxylic acids is 1. The van der Waals surface area contributed by atoms with Gasteiger partial charge in [-0.1, -0.05) is 23.7 Å². The summed E-state index contributed by atoms with van der Waals surface area (Å²) in [6, 6.07) is 7.56. The van der Waals surface area contributed by atoms with Gasteiger partial charge in [0, 0.05) is 11.6 Å². The number of halogens is 1. The summed E-state index contributed by atoms with van der Waals surface area (Å²) in [5.74, 6) is 0. The summed E-state index contributed by atoms with van der Waals surface area (Å²) in [5.41, 5.74) is 1.13. The summed E-state index contributed by atoms with van der Waals surface area (Å²) >= 11 is 5.76. The predicted molar refractivity (Wildman–Crippen MR) is 64.8 cm³/mol. The summed E-state index contributed by atoms with van der Waals surface area (Å²) in [4.78, 5) is 11.1. The number of benzene rings is 1. The van der Waals surface area contributed by atoms with Crippen molar-refractivity contribution >= 4 is 17.7 Å². The van der Waals surface area contributed by atoms with Crippen LogP contribution in [0.3, 0.4) is 0 Å². The number of alkyl carbamates (subject to hydrolysis) is 1. The third kappa shape index (κ3) is 5.03. The Bertz CT molecular complexity index is 335. The summed E-state index contributed by atoms with van der Waals surface area (Å²) in [6.45, 7) is 4.20. The lowest BCUT2D eigenvalue weighted by atomic mass is 10.1. The predicted octanol–water partition coefficient (Wildman–Crippen LogP) is 3.02. The standard InChI is InChI=1S/C12H16ClNO2/c1-9(2)16-12(15)14-8-7-10-3-5-11(13)6-4-10/h3-6,9H,7-8H2,1-2H3,(H,14,15). The zero-order valence-corrected chi connectivity index (χ0v) is 10.3. The molecule has 1 aromatic carbocycles. The number of nitrogens with one attached hydrogen (secondary N) is 1. The molecule has 0 atom stereocenters. The largest absolute Gasteiger partial charge is 0.447 e.